The van der Waals surface area contributed by atoms with E-state index in [0.717, 1.165) is 18.7 Å². The highest BCUT2D eigenvalue weighted by Crippen LogP contribution is 2.06. The summed E-state index contributed by atoms with van der Waals surface area (Å²) in [5.74, 6) is 0. The second-order valence-electron chi connectivity index (χ2n) is 4.74. The highest BCUT2D eigenvalue weighted by molar-refractivity contribution is 7.89. The standard InChI is InChI=1S/C14H20N4O2S/c1-13-11-16-18(12-13)10-9-15-7-8-17-21(19,20)14-5-3-2-4-6-14/h2-6,11-12,15,17H,7-10H2,1H3. The van der Waals surface area contributed by atoms with Crippen LogP contribution in [0.1, 0.15) is 5.56 Å². The third-order valence-electron chi connectivity index (χ3n) is 2.93. The molecule has 0 fully saturated rings. The average Bonchev–Trinajstić information content (AvgIpc) is 2.89. The minimum atomic E-state index is -3.40. The second kappa shape index (κ2) is 7.35. The van der Waals surface area contributed by atoms with Gasteiger partial charge in [0.15, 0.2) is 0 Å². The van der Waals surface area contributed by atoms with Gasteiger partial charge in [0.1, 0.15) is 0 Å². The SMILES string of the molecule is Cc1cnn(CCNCCNS(=O)(=O)c2ccccc2)c1. The van der Waals surface area contributed by atoms with Gasteiger partial charge >= 0.3 is 0 Å². The Morgan fingerprint density at radius 2 is 1.90 bits per heavy atom. The topological polar surface area (TPSA) is 76.0 Å². The Morgan fingerprint density at radius 1 is 1.14 bits per heavy atom. The van der Waals surface area contributed by atoms with E-state index in [1.165, 1.54) is 0 Å². The van der Waals surface area contributed by atoms with E-state index in [1.54, 1.807) is 30.3 Å². The van der Waals surface area contributed by atoms with Gasteiger partial charge in [0.25, 0.3) is 0 Å². The molecule has 0 amide bonds. The van der Waals surface area contributed by atoms with Crippen molar-refractivity contribution in [3.05, 3.63) is 48.3 Å². The van der Waals surface area contributed by atoms with Crippen molar-refractivity contribution in [2.75, 3.05) is 19.6 Å². The maximum atomic E-state index is 11.9. The fraction of sp³-hybridized carbons (Fsp3) is 0.357. The van der Waals surface area contributed by atoms with Crippen LogP contribution in [0.25, 0.3) is 0 Å². The summed E-state index contributed by atoms with van der Waals surface area (Å²) in [5.41, 5.74) is 1.13. The molecule has 0 saturated heterocycles. The van der Waals surface area contributed by atoms with Crippen molar-refractivity contribution in [3.63, 3.8) is 0 Å². The van der Waals surface area contributed by atoms with E-state index >= 15 is 0 Å². The van der Waals surface area contributed by atoms with Crippen LogP contribution in [0, 0.1) is 6.92 Å². The highest BCUT2D eigenvalue weighted by atomic mass is 32.2. The van der Waals surface area contributed by atoms with Crippen LogP contribution in [-0.4, -0.2) is 37.8 Å². The van der Waals surface area contributed by atoms with E-state index in [4.69, 9.17) is 0 Å². The van der Waals surface area contributed by atoms with Crippen molar-refractivity contribution >= 4 is 10.0 Å². The largest absolute Gasteiger partial charge is 0.314 e. The van der Waals surface area contributed by atoms with Gasteiger partial charge in [0, 0.05) is 25.8 Å². The number of nitrogens with one attached hydrogen (secondary N) is 2. The van der Waals surface area contributed by atoms with Crippen LogP contribution in [0.3, 0.4) is 0 Å². The van der Waals surface area contributed by atoms with Gasteiger partial charge in [-0.2, -0.15) is 5.10 Å². The summed E-state index contributed by atoms with van der Waals surface area (Å²) in [6, 6.07) is 8.36. The molecular formula is C14H20N4O2S. The van der Waals surface area contributed by atoms with Gasteiger partial charge < -0.3 is 5.32 Å². The van der Waals surface area contributed by atoms with Crippen LogP contribution in [0.4, 0.5) is 0 Å². The monoisotopic (exact) mass is 308 g/mol. The first-order valence-electron chi connectivity index (χ1n) is 6.82. The molecule has 0 unspecified atom stereocenters. The first-order chi connectivity index (χ1) is 10.1. The molecule has 0 atom stereocenters. The zero-order chi connectivity index (χ0) is 15.1. The minimum absolute atomic E-state index is 0.289. The van der Waals surface area contributed by atoms with Crippen LogP contribution >= 0.6 is 0 Å². The zero-order valence-corrected chi connectivity index (χ0v) is 12.8. The predicted molar refractivity (Wildman–Crippen MR) is 81.5 cm³/mol. The lowest BCUT2D eigenvalue weighted by Crippen LogP contribution is -2.33. The zero-order valence-electron chi connectivity index (χ0n) is 12.0. The predicted octanol–water partition coefficient (Wildman–Crippen LogP) is 0.760. The van der Waals surface area contributed by atoms with E-state index in [0.29, 0.717) is 13.1 Å². The summed E-state index contributed by atoms with van der Waals surface area (Å²) in [7, 11) is -3.40. The number of nitrogens with zero attached hydrogens (tertiary/aromatic N) is 2. The fourth-order valence-electron chi connectivity index (χ4n) is 1.86. The van der Waals surface area contributed by atoms with Gasteiger partial charge in [-0.3, -0.25) is 4.68 Å². The number of aryl methyl sites for hydroxylation is 1. The molecule has 21 heavy (non-hydrogen) atoms. The van der Waals surface area contributed by atoms with E-state index in [2.05, 4.69) is 15.1 Å². The Bertz CT molecular complexity index is 653. The Kier molecular flexibility index (Phi) is 5.49. The molecule has 7 heteroatoms. The van der Waals surface area contributed by atoms with Gasteiger partial charge in [0.05, 0.1) is 17.6 Å². The molecule has 0 aliphatic carbocycles. The summed E-state index contributed by atoms with van der Waals surface area (Å²) < 4.78 is 28.3. The van der Waals surface area contributed by atoms with E-state index in [1.807, 2.05) is 24.0 Å². The third-order valence-corrected chi connectivity index (χ3v) is 4.40. The molecule has 2 rings (SSSR count). The molecule has 0 radical (unpaired) electrons. The lowest BCUT2D eigenvalue weighted by molar-refractivity contribution is 0.547. The van der Waals surface area contributed by atoms with Crippen LogP contribution in [-0.2, 0) is 16.6 Å². The number of benzene rings is 1. The molecule has 114 valence electrons. The molecule has 0 aliphatic heterocycles. The fourth-order valence-corrected chi connectivity index (χ4v) is 2.92. The Labute approximate surface area is 125 Å². The van der Waals surface area contributed by atoms with Gasteiger partial charge in [-0.05, 0) is 24.6 Å². The second-order valence-corrected chi connectivity index (χ2v) is 6.51. The molecule has 0 aliphatic rings. The third kappa shape index (κ3) is 4.96. The smallest absolute Gasteiger partial charge is 0.240 e. The molecule has 1 heterocycles. The van der Waals surface area contributed by atoms with Crippen LogP contribution < -0.4 is 10.0 Å². The van der Waals surface area contributed by atoms with Gasteiger partial charge in [-0.1, -0.05) is 18.2 Å². The first kappa shape index (κ1) is 15.7. The molecule has 1 aromatic heterocycles. The quantitative estimate of drug-likeness (QED) is 0.706. The molecule has 2 N–H and O–H groups in total. The van der Waals surface area contributed by atoms with Gasteiger partial charge in [-0.15, -0.1) is 0 Å². The Morgan fingerprint density at radius 3 is 2.57 bits per heavy atom. The van der Waals surface area contributed by atoms with Crippen molar-refractivity contribution in [3.8, 4) is 0 Å². The van der Waals surface area contributed by atoms with Crippen LogP contribution in [0.5, 0.6) is 0 Å². The maximum absolute atomic E-state index is 11.9. The minimum Gasteiger partial charge on any atom is -0.314 e. The molecule has 2 aromatic rings. The van der Waals surface area contributed by atoms with Crippen LogP contribution in [0.2, 0.25) is 0 Å². The van der Waals surface area contributed by atoms with E-state index < -0.39 is 10.0 Å². The lowest BCUT2D eigenvalue weighted by Gasteiger charge is -2.08. The lowest BCUT2D eigenvalue weighted by atomic mass is 10.4. The number of hydrogen-bond acceptors (Lipinski definition) is 4. The van der Waals surface area contributed by atoms with Crippen molar-refractivity contribution in [1.82, 2.24) is 19.8 Å². The number of aromatic nitrogens is 2. The molecular weight excluding hydrogens is 288 g/mol. The number of rotatable bonds is 8. The van der Waals surface area contributed by atoms with Crippen molar-refractivity contribution in [1.29, 1.82) is 0 Å². The molecule has 0 bridgehead atoms. The van der Waals surface area contributed by atoms with Gasteiger partial charge in [-0.25, -0.2) is 13.1 Å². The van der Waals surface area contributed by atoms with Crippen molar-refractivity contribution in [2.24, 2.45) is 0 Å². The van der Waals surface area contributed by atoms with Gasteiger partial charge in [0.2, 0.25) is 10.0 Å². The summed E-state index contributed by atoms with van der Waals surface area (Å²) in [5, 5.41) is 7.36. The summed E-state index contributed by atoms with van der Waals surface area (Å²) >= 11 is 0. The maximum Gasteiger partial charge on any atom is 0.240 e. The molecule has 1 aromatic carbocycles. The molecule has 6 nitrogen and oxygen atoms in total. The van der Waals surface area contributed by atoms with E-state index in [9.17, 15) is 8.42 Å². The normalized spacial score (nSPS) is 11.7. The van der Waals surface area contributed by atoms with Crippen molar-refractivity contribution in [2.45, 2.75) is 18.4 Å². The summed E-state index contributed by atoms with van der Waals surface area (Å²) in [6.45, 7) is 4.43. The van der Waals surface area contributed by atoms with E-state index in [-0.39, 0.29) is 4.90 Å². The Balaban J connectivity index is 1.66. The molecule has 0 spiro atoms. The Hall–Kier alpha value is -1.70. The average molecular weight is 308 g/mol. The highest BCUT2D eigenvalue weighted by Gasteiger charge is 2.11. The number of hydrogen-bond donors (Lipinski definition) is 2. The first-order valence-corrected chi connectivity index (χ1v) is 8.31. The van der Waals surface area contributed by atoms with Crippen LogP contribution in [0.15, 0.2) is 47.6 Å². The summed E-state index contributed by atoms with van der Waals surface area (Å²) in [6.07, 6.45) is 3.79. The summed E-state index contributed by atoms with van der Waals surface area (Å²) in [4.78, 5) is 0.289. The van der Waals surface area contributed by atoms with Crippen molar-refractivity contribution < 1.29 is 8.42 Å². The number of sulfonamides is 1. The molecule has 0 saturated carbocycles.